The third-order valence-electron chi connectivity index (χ3n) is 4.43. The Morgan fingerprint density at radius 1 is 1.23 bits per heavy atom. The normalized spacial score (nSPS) is 11.3. The van der Waals surface area contributed by atoms with Crippen LogP contribution in [0.2, 0.25) is 0 Å². The van der Waals surface area contributed by atoms with Crippen molar-refractivity contribution in [1.82, 2.24) is 19.7 Å². The fourth-order valence-corrected chi connectivity index (χ4v) is 3.04. The molecule has 4 aromatic rings. The molecule has 0 atom stereocenters. The zero-order valence-electron chi connectivity index (χ0n) is 16.3. The molecule has 3 N–H and O–H groups in total. The summed E-state index contributed by atoms with van der Waals surface area (Å²) in [6, 6.07) is 12.3. The van der Waals surface area contributed by atoms with Crippen LogP contribution in [0.4, 0.5) is 21.7 Å². The van der Waals surface area contributed by atoms with Gasteiger partial charge in [-0.15, -0.1) is 0 Å². The summed E-state index contributed by atoms with van der Waals surface area (Å²) >= 11 is 0. The molecule has 152 valence electrons. The van der Waals surface area contributed by atoms with Crippen LogP contribution < -0.4 is 11.1 Å². The minimum absolute atomic E-state index is 0.261. The molecule has 0 unspecified atom stereocenters. The van der Waals surface area contributed by atoms with Crippen LogP contribution in [0.1, 0.15) is 18.1 Å². The summed E-state index contributed by atoms with van der Waals surface area (Å²) < 4.78 is 15.3. The second kappa shape index (κ2) is 8.56. The standard InChI is InChI=1S/C21H20FN7O/c1-2-30-27-11-18-20(23)24-13-25-21(18)28-17-6-7-19-15(9-17)10-26-29(19)12-14-4-3-5-16(22)8-14/h3-11,13H,2,12H2,1H3,(H3,23,24,25,28)/b27-11+. The molecule has 9 heteroatoms. The highest BCUT2D eigenvalue weighted by Crippen LogP contribution is 2.24. The number of fused-ring (bicyclic) bond motifs is 1. The van der Waals surface area contributed by atoms with Gasteiger partial charge in [-0.1, -0.05) is 17.3 Å². The van der Waals surface area contributed by atoms with E-state index in [1.807, 2.05) is 35.9 Å². The van der Waals surface area contributed by atoms with Crippen molar-refractivity contribution in [2.75, 3.05) is 17.7 Å². The van der Waals surface area contributed by atoms with E-state index in [0.717, 1.165) is 22.2 Å². The largest absolute Gasteiger partial charge is 0.396 e. The first-order chi connectivity index (χ1) is 14.6. The van der Waals surface area contributed by atoms with Gasteiger partial charge in [-0.05, 0) is 42.8 Å². The molecule has 4 rings (SSSR count). The van der Waals surface area contributed by atoms with Gasteiger partial charge < -0.3 is 15.9 Å². The second-order valence-electron chi connectivity index (χ2n) is 6.50. The zero-order valence-corrected chi connectivity index (χ0v) is 16.3. The maximum atomic E-state index is 13.5. The van der Waals surface area contributed by atoms with Gasteiger partial charge in [0.15, 0.2) is 0 Å². The molecule has 0 aliphatic carbocycles. The Hall–Kier alpha value is -4.01. The van der Waals surface area contributed by atoms with E-state index < -0.39 is 0 Å². The predicted molar refractivity (Wildman–Crippen MR) is 114 cm³/mol. The minimum atomic E-state index is -0.261. The number of aromatic nitrogens is 4. The van der Waals surface area contributed by atoms with Crippen molar-refractivity contribution in [3.63, 3.8) is 0 Å². The third-order valence-corrected chi connectivity index (χ3v) is 4.43. The first kappa shape index (κ1) is 19.3. The van der Waals surface area contributed by atoms with Crippen molar-refractivity contribution in [3.8, 4) is 0 Å². The van der Waals surface area contributed by atoms with E-state index in [4.69, 9.17) is 10.6 Å². The van der Waals surface area contributed by atoms with Crippen molar-refractivity contribution in [1.29, 1.82) is 0 Å². The van der Waals surface area contributed by atoms with Crippen LogP contribution in [0.25, 0.3) is 10.9 Å². The fraction of sp³-hybridized carbons (Fsp3) is 0.143. The van der Waals surface area contributed by atoms with Crippen LogP contribution >= 0.6 is 0 Å². The smallest absolute Gasteiger partial charge is 0.144 e. The average Bonchev–Trinajstić information content (AvgIpc) is 3.12. The van der Waals surface area contributed by atoms with E-state index >= 15 is 0 Å². The van der Waals surface area contributed by atoms with Gasteiger partial charge in [-0.25, -0.2) is 14.4 Å². The summed E-state index contributed by atoms with van der Waals surface area (Å²) in [7, 11) is 0. The van der Waals surface area contributed by atoms with Crippen LogP contribution in [0.5, 0.6) is 0 Å². The number of hydrogen-bond donors (Lipinski definition) is 2. The van der Waals surface area contributed by atoms with E-state index in [-0.39, 0.29) is 5.82 Å². The number of oxime groups is 1. The molecule has 0 amide bonds. The highest BCUT2D eigenvalue weighted by molar-refractivity contribution is 5.93. The number of nitrogens with one attached hydrogen (secondary N) is 1. The van der Waals surface area contributed by atoms with E-state index in [2.05, 4.69) is 25.5 Å². The number of nitrogens with zero attached hydrogens (tertiary/aromatic N) is 5. The van der Waals surface area contributed by atoms with E-state index in [1.165, 1.54) is 24.7 Å². The molecule has 0 spiro atoms. The van der Waals surface area contributed by atoms with Crippen LogP contribution in [-0.2, 0) is 11.4 Å². The highest BCUT2D eigenvalue weighted by Gasteiger charge is 2.10. The van der Waals surface area contributed by atoms with E-state index in [9.17, 15) is 4.39 Å². The molecule has 2 aromatic carbocycles. The maximum absolute atomic E-state index is 13.5. The Bertz CT molecular complexity index is 1210. The summed E-state index contributed by atoms with van der Waals surface area (Å²) in [4.78, 5) is 13.3. The molecule has 2 heterocycles. The monoisotopic (exact) mass is 405 g/mol. The molecule has 0 saturated heterocycles. The highest BCUT2D eigenvalue weighted by atomic mass is 19.1. The Morgan fingerprint density at radius 3 is 2.97 bits per heavy atom. The van der Waals surface area contributed by atoms with Gasteiger partial charge in [0, 0.05) is 11.1 Å². The number of benzene rings is 2. The van der Waals surface area contributed by atoms with E-state index in [0.29, 0.717) is 30.4 Å². The van der Waals surface area contributed by atoms with Crippen molar-refractivity contribution in [3.05, 3.63) is 71.9 Å². The average molecular weight is 405 g/mol. The second-order valence-corrected chi connectivity index (χ2v) is 6.50. The summed E-state index contributed by atoms with van der Waals surface area (Å²) in [5.74, 6) is 0.542. The predicted octanol–water partition coefficient (Wildman–Crippen LogP) is 3.71. The van der Waals surface area contributed by atoms with Crippen molar-refractivity contribution < 1.29 is 9.23 Å². The minimum Gasteiger partial charge on any atom is -0.396 e. The summed E-state index contributed by atoms with van der Waals surface area (Å²) in [6.07, 6.45) is 4.63. The SMILES string of the molecule is CCO/N=C/c1c(N)ncnc1Nc1ccc2c(cnn2Cc2cccc(F)c2)c1. The van der Waals surface area contributed by atoms with Gasteiger partial charge in [0.1, 0.15) is 30.4 Å². The number of hydrogen-bond acceptors (Lipinski definition) is 7. The lowest BCUT2D eigenvalue weighted by Gasteiger charge is -2.10. The quantitative estimate of drug-likeness (QED) is 0.359. The molecule has 0 aliphatic rings. The van der Waals surface area contributed by atoms with E-state index in [1.54, 1.807) is 12.3 Å². The van der Waals surface area contributed by atoms with Crippen LogP contribution in [-0.4, -0.2) is 32.6 Å². The number of anilines is 3. The Morgan fingerprint density at radius 2 is 2.13 bits per heavy atom. The molecular weight excluding hydrogens is 385 g/mol. The topological polar surface area (TPSA) is 103 Å². The van der Waals surface area contributed by atoms with Gasteiger partial charge in [-0.3, -0.25) is 4.68 Å². The summed E-state index contributed by atoms with van der Waals surface area (Å²) in [5, 5.41) is 12.5. The first-order valence-corrected chi connectivity index (χ1v) is 9.37. The number of rotatable bonds is 7. The van der Waals surface area contributed by atoms with Gasteiger partial charge in [-0.2, -0.15) is 5.10 Å². The van der Waals surface area contributed by atoms with Crippen LogP contribution in [0.3, 0.4) is 0 Å². The molecule has 0 saturated carbocycles. The van der Waals surface area contributed by atoms with Gasteiger partial charge >= 0.3 is 0 Å². The summed E-state index contributed by atoms with van der Waals surface area (Å²) in [5.41, 5.74) is 9.07. The lowest BCUT2D eigenvalue weighted by Crippen LogP contribution is -2.05. The molecule has 0 aliphatic heterocycles. The molecule has 8 nitrogen and oxygen atoms in total. The Balaban J connectivity index is 1.59. The lowest BCUT2D eigenvalue weighted by molar-refractivity contribution is 0.160. The zero-order chi connectivity index (χ0) is 20.9. The molecule has 0 radical (unpaired) electrons. The fourth-order valence-electron chi connectivity index (χ4n) is 3.04. The van der Waals surface area contributed by atoms with Crippen LogP contribution in [0, 0.1) is 5.82 Å². The Kier molecular flexibility index (Phi) is 5.51. The molecule has 30 heavy (non-hydrogen) atoms. The lowest BCUT2D eigenvalue weighted by atomic mass is 10.2. The third kappa shape index (κ3) is 4.19. The number of halogens is 1. The van der Waals surface area contributed by atoms with Crippen molar-refractivity contribution in [2.24, 2.45) is 5.16 Å². The van der Waals surface area contributed by atoms with Gasteiger partial charge in [0.2, 0.25) is 0 Å². The first-order valence-electron chi connectivity index (χ1n) is 9.37. The number of nitrogens with two attached hydrogens (primary N) is 1. The van der Waals surface area contributed by atoms with Gasteiger partial charge in [0.05, 0.1) is 30.0 Å². The Labute approximate surface area is 172 Å². The van der Waals surface area contributed by atoms with Gasteiger partial charge in [0.25, 0.3) is 0 Å². The molecular formula is C21H20FN7O. The van der Waals surface area contributed by atoms with Crippen molar-refractivity contribution >= 4 is 34.4 Å². The van der Waals surface area contributed by atoms with Crippen LogP contribution in [0.15, 0.2) is 60.1 Å². The maximum Gasteiger partial charge on any atom is 0.144 e. The molecule has 0 bridgehead atoms. The van der Waals surface area contributed by atoms with Crippen molar-refractivity contribution in [2.45, 2.75) is 13.5 Å². The molecule has 2 aromatic heterocycles. The summed E-state index contributed by atoms with van der Waals surface area (Å²) in [6.45, 7) is 2.77. The number of nitrogen functional groups attached to an aromatic ring is 1. The molecule has 0 fully saturated rings.